The number of carbonyl (C=O) groups is 2. The predicted octanol–water partition coefficient (Wildman–Crippen LogP) is 3.60. The van der Waals surface area contributed by atoms with Gasteiger partial charge in [0.25, 0.3) is 0 Å². The number of hydrogen-bond donors (Lipinski definition) is 0. The van der Waals surface area contributed by atoms with Gasteiger partial charge in [-0.2, -0.15) is 5.26 Å². The summed E-state index contributed by atoms with van der Waals surface area (Å²) in [6.45, 7) is 0. The van der Waals surface area contributed by atoms with Gasteiger partial charge in [-0.25, -0.2) is 0 Å². The summed E-state index contributed by atoms with van der Waals surface area (Å²) in [5.74, 6) is -5.50. The lowest BCUT2D eigenvalue weighted by molar-refractivity contribution is -0.154. The summed E-state index contributed by atoms with van der Waals surface area (Å²) in [7, 11) is 1.06. The van der Waals surface area contributed by atoms with Gasteiger partial charge in [0.1, 0.15) is 5.78 Å². The van der Waals surface area contributed by atoms with E-state index in [4.69, 9.17) is 10.2 Å². The van der Waals surface area contributed by atoms with Crippen LogP contribution in [-0.4, -0.2) is 18.9 Å². The van der Waals surface area contributed by atoms with E-state index in [-0.39, 0.29) is 11.1 Å². The molecule has 0 aliphatic heterocycles. The molecule has 126 valence electrons. The summed E-state index contributed by atoms with van der Waals surface area (Å²) in [6, 6.07) is 17.8. The van der Waals surface area contributed by atoms with Crippen molar-refractivity contribution in [1.82, 2.24) is 0 Å². The van der Waals surface area contributed by atoms with Crippen molar-refractivity contribution in [3.63, 3.8) is 0 Å². The molecular formula is C21H19NO3. The minimum absolute atomic E-state index is 0.245. The third-order valence-electron chi connectivity index (χ3n) is 4.44. The molecule has 0 spiro atoms. The lowest BCUT2D eigenvalue weighted by atomic mass is 9.56. The molecule has 1 unspecified atom stereocenters. The van der Waals surface area contributed by atoms with Crippen LogP contribution in [0.2, 0.25) is 0 Å². The fourth-order valence-corrected chi connectivity index (χ4v) is 3.26. The van der Waals surface area contributed by atoms with Gasteiger partial charge < -0.3 is 4.74 Å². The average Bonchev–Trinajstić information content (AvgIpc) is 2.72. The van der Waals surface area contributed by atoms with Crippen LogP contribution in [0.25, 0.3) is 0 Å². The van der Waals surface area contributed by atoms with Crippen molar-refractivity contribution >= 4 is 11.8 Å². The van der Waals surface area contributed by atoms with Crippen molar-refractivity contribution in [1.29, 1.82) is 5.26 Å². The maximum Gasteiger partial charge on any atom is 0.327 e. The van der Waals surface area contributed by atoms with E-state index in [0.29, 0.717) is 0 Å². The molecule has 2 aromatic carbocycles. The zero-order valence-electron chi connectivity index (χ0n) is 17.6. The van der Waals surface area contributed by atoms with Crippen LogP contribution in [0.1, 0.15) is 41.2 Å². The Balaban J connectivity index is 2.45. The molecule has 1 aliphatic rings. The Morgan fingerprint density at radius 3 is 1.88 bits per heavy atom. The number of benzene rings is 2. The zero-order chi connectivity index (χ0) is 21.4. The van der Waals surface area contributed by atoms with Crippen LogP contribution in [0.3, 0.4) is 0 Å². The third kappa shape index (κ3) is 2.83. The standard InChI is InChI=1S/C21H19NO3/c1-25-20(24)21(14-22)18(15-8-4-2-5-9-15)12-17(23)13-19(21)16-10-6-3-7-11-16/h2-11,18-19H,12-13H2,1H3/t18-,19+,21?/i12D2,13D2. The Hall–Kier alpha value is -2.93. The van der Waals surface area contributed by atoms with Gasteiger partial charge in [-0.15, -0.1) is 0 Å². The van der Waals surface area contributed by atoms with Crippen molar-refractivity contribution in [3.05, 3.63) is 71.8 Å². The van der Waals surface area contributed by atoms with Gasteiger partial charge in [0.05, 0.1) is 13.2 Å². The summed E-state index contributed by atoms with van der Waals surface area (Å²) in [5.41, 5.74) is -1.82. The van der Waals surface area contributed by atoms with Crippen LogP contribution >= 0.6 is 0 Å². The first-order chi connectivity index (χ1) is 13.7. The first-order valence-electron chi connectivity index (χ1n) is 9.80. The molecule has 0 heterocycles. The molecule has 1 saturated carbocycles. The van der Waals surface area contributed by atoms with E-state index in [9.17, 15) is 14.9 Å². The molecule has 0 aromatic heterocycles. The van der Waals surface area contributed by atoms with Gasteiger partial charge in [0.2, 0.25) is 0 Å². The molecule has 25 heavy (non-hydrogen) atoms. The van der Waals surface area contributed by atoms with Gasteiger partial charge in [-0.1, -0.05) is 60.7 Å². The van der Waals surface area contributed by atoms with Crippen LogP contribution in [0.15, 0.2) is 60.7 Å². The molecule has 0 bridgehead atoms. The van der Waals surface area contributed by atoms with Gasteiger partial charge >= 0.3 is 5.97 Å². The molecular weight excluding hydrogens is 314 g/mol. The number of esters is 1. The molecule has 3 atom stereocenters. The highest BCUT2D eigenvalue weighted by atomic mass is 16.5. The second-order valence-electron chi connectivity index (χ2n) is 5.78. The maximum absolute atomic E-state index is 13.1. The Morgan fingerprint density at radius 2 is 1.52 bits per heavy atom. The number of ketones is 1. The fraction of sp³-hybridized carbons (Fsp3) is 0.286. The summed E-state index contributed by atoms with van der Waals surface area (Å²) < 4.78 is 38.8. The topological polar surface area (TPSA) is 67.2 Å². The number of methoxy groups -OCH3 is 1. The number of nitriles is 1. The molecule has 0 radical (unpaired) electrons. The number of hydrogen-bond acceptors (Lipinski definition) is 4. The second kappa shape index (κ2) is 6.90. The van der Waals surface area contributed by atoms with Crippen molar-refractivity contribution in [3.8, 4) is 6.07 Å². The number of ether oxygens (including phenoxy) is 1. The lowest BCUT2D eigenvalue weighted by Gasteiger charge is -2.42. The molecule has 4 nitrogen and oxygen atoms in total. The molecule has 2 aromatic rings. The Morgan fingerprint density at radius 1 is 1.08 bits per heavy atom. The van der Waals surface area contributed by atoms with E-state index in [0.717, 1.165) is 7.11 Å². The third-order valence-corrected chi connectivity index (χ3v) is 4.44. The van der Waals surface area contributed by atoms with Crippen LogP contribution in [-0.2, 0) is 14.3 Å². The lowest BCUT2D eigenvalue weighted by Crippen LogP contribution is -2.47. The Kier molecular flexibility index (Phi) is 3.43. The van der Waals surface area contributed by atoms with Crippen molar-refractivity contribution in [2.24, 2.45) is 5.41 Å². The number of carbonyl (C=O) groups excluding carboxylic acids is 2. The van der Waals surface area contributed by atoms with Crippen molar-refractivity contribution in [2.75, 3.05) is 7.11 Å². The average molecular weight is 337 g/mol. The molecule has 4 heteroatoms. The van der Waals surface area contributed by atoms with Gasteiger partial charge in [-0.05, 0) is 11.1 Å². The van der Waals surface area contributed by atoms with E-state index in [2.05, 4.69) is 0 Å². The van der Waals surface area contributed by atoms with Crippen LogP contribution in [0.4, 0.5) is 0 Å². The first kappa shape index (κ1) is 12.4. The predicted molar refractivity (Wildman–Crippen MR) is 92.7 cm³/mol. The zero-order valence-corrected chi connectivity index (χ0v) is 13.6. The van der Waals surface area contributed by atoms with Gasteiger partial charge in [0, 0.05) is 30.1 Å². The van der Waals surface area contributed by atoms with Crippen LogP contribution in [0, 0.1) is 16.7 Å². The quantitative estimate of drug-likeness (QED) is 0.803. The highest BCUT2D eigenvalue weighted by Crippen LogP contribution is 2.54. The second-order valence-corrected chi connectivity index (χ2v) is 5.78. The summed E-state index contributed by atoms with van der Waals surface area (Å²) in [5, 5.41) is 10.3. The highest BCUT2D eigenvalue weighted by Gasteiger charge is 2.58. The number of Topliss-reactive ketones (excluding diaryl/α,β-unsaturated/α-hetero) is 1. The van der Waals surface area contributed by atoms with Gasteiger partial charge in [-0.3, -0.25) is 9.59 Å². The van der Waals surface area contributed by atoms with Crippen LogP contribution < -0.4 is 0 Å². The van der Waals surface area contributed by atoms with Gasteiger partial charge in [0.15, 0.2) is 5.41 Å². The first-order valence-corrected chi connectivity index (χ1v) is 7.80. The van der Waals surface area contributed by atoms with Crippen molar-refractivity contribution < 1.29 is 19.8 Å². The van der Waals surface area contributed by atoms with Crippen LogP contribution in [0.5, 0.6) is 0 Å². The van der Waals surface area contributed by atoms with E-state index in [1.165, 1.54) is 24.3 Å². The fourth-order valence-electron chi connectivity index (χ4n) is 3.26. The Labute approximate surface area is 152 Å². The minimum Gasteiger partial charge on any atom is -0.468 e. The minimum atomic E-state index is -2.82. The van der Waals surface area contributed by atoms with E-state index in [1.807, 2.05) is 6.07 Å². The molecule has 0 amide bonds. The highest BCUT2D eigenvalue weighted by molar-refractivity contribution is 5.90. The molecule has 0 saturated heterocycles. The summed E-state index contributed by atoms with van der Waals surface area (Å²) >= 11 is 0. The van der Waals surface area contributed by atoms with E-state index < -0.39 is 41.7 Å². The maximum atomic E-state index is 13.1. The molecule has 1 fully saturated rings. The normalized spacial score (nSPS) is 32.2. The number of rotatable bonds is 3. The summed E-state index contributed by atoms with van der Waals surface area (Å²) in [4.78, 5) is 26.1. The number of nitrogens with zero attached hydrogens (tertiary/aromatic N) is 1. The van der Waals surface area contributed by atoms with Crippen molar-refractivity contribution in [2.45, 2.75) is 24.6 Å². The summed E-state index contributed by atoms with van der Waals surface area (Å²) in [6.07, 6.45) is -5.64. The molecule has 0 N–H and O–H groups in total. The largest absolute Gasteiger partial charge is 0.468 e. The molecule has 1 aliphatic carbocycles. The van der Waals surface area contributed by atoms with E-state index in [1.54, 1.807) is 36.4 Å². The smallest absolute Gasteiger partial charge is 0.327 e. The Bertz CT molecular complexity index is 909. The van der Waals surface area contributed by atoms with E-state index >= 15 is 0 Å². The monoisotopic (exact) mass is 337 g/mol. The SMILES string of the molecule is [2H]C1([2H])C(=O)C([2H])([2H])[C@H](c2ccccc2)C(C#N)(C(=O)OC)[C@@H]1c1ccccc1. The molecule has 3 rings (SSSR count).